The van der Waals surface area contributed by atoms with Crippen molar-refractivity contribution in [3.05, 3.63) is 33.3 Å². The summed E-state index contributed by atoms with van der Waals surface area (Å²) < 4.78 is 0.738. The van der Waals surface area contributed by atoms with Gasteiger partial charge in [-0.1, -0.05) is 29.4 Å². The van der Waals surface area contributed by atoms with E-state index in [1.807, 2.05) is 0 Å². The van der Waals surface area contributed by atoms with Gasteiger partial charge in [0, 0.05) is 17.1 Å². The molecule has 0 aliphatic rings. The van der Waals surface area contributed by atoms with Crippen LogP contribution >= 0.6 is 39.3 Å². The van der Waals surface area contributed by atoms with Crippen molar-refractivity contribution in [3.8, 4) is 0 Å². The second-order valence-electron chi connectivity index (χ2n) is 3.81. The van der Waals surface area contributed by atoms with Crippen molar-refractivity contribution in [1.29, 1.82) is 0 Å². The van der Waals surface area contributed by atoms with E-state index < -0.39 is 12.2 Å². The van der Waals surface area contributed by atoms with Gasteiger partial charge in [0.15, 0.2) is 5.12 Å². The van der Waals surface area contributed by atoms with E-state index in [4.69, 9.17) is 11.6 Å². The molecule has 0 aliphatic heterocycles. The fourth-order valence-electron chi connectivity index (χ4n) is 1.40. The summed E-state index contributed by atoms with van der Waals surface area (Å²) in [6, 6.07) is 5.03. The van der Waals surface area contributed by atoms with E-state index in [9.17, 15) is 15.0 Å². The zero-order chi connectivity index (χ0) is 13.7. The highest BCUT2D eigenvalue weighted by Gasteiger charge is 2.19. The number of benzene rings is 1. The number of halogens is 2. The smallest absolute Gasteiger partial charge is 0.185 e. The predicted octanol–water partition coefficient (Wildman–Crippen LogP) is 3.17. The number of aliphatic hydroxyl groups excluding tert-OH is 2. The van der Waals surface area contributed by atoms with Gasteiger partial charge in [0.25, 0.3) is 0 Å². The molecule has 0 heterocycles. The molecular formula is C12H14BrClO3S. The molecule has 2 N–H and O–H groups in total. The standard InChI is InChI=1S/C12H14BrClO3S/c1-7(15)18-5-4-11(16)12(17)8-2-3-9(13)10(14)6-8/h2-3,6,11-12,16-17H,4-5H2,1H3. The van der Waals surface area contributed by atoms with E-state index in [0.717, 1.165) is 16.2 Å². The number of aliphatic hydroxyl groups is 2. The van der Waals surface area contributed by atoms with Crippen LogP contribution in [-0.2, 0) is 4.79 Å². The van der Waals surface area contributed by atoms with Crippen LogP contribution in [0, 0.1) is 0 Å². The molecule has 2 atom stereocenters. The summed E-state index contributed by atoms with van der Waals surface area (Å²) in [7, 11) is 0. The Balaban J connectivity index is 2.59. The first-order valence-corrected chi connectivity index (χ1v) is 7.52. The van der Waals surface area contributed by atoms with Gasteiger partial charge in [-0.3, -0.25) is 4.79 Å². The van der Waals surface area contributed by atoms with Gasteiger partial charge in [-0.2, -0.15) is 0 Å². The monoisotopic (exact) mass is 352 g/mol. The number of rotatable bonds is 5. The lowest BCUT2D eigenvalue weighted by atomic mass is 10.0. The summed E-state index contributed by atoms with van der Waals surface area (Å²) >= 11 is 10.3. The minimum absolute atomic E-state index is 0.00313. The van der Waals surface area contributed by atoms with Gasteiger partial charge in [-0.15, -0.1) is 0 Å². The number of hydrogen-bond donors (Lipinski definition) is 2. The highest BCUT2D eigenvalue weighted by molar-refractivity contribution is 9.10. The summed E-state index contributed by atoms with van der Waals surface area (Å²) in [4.78, 5) is 10.7. The quantitative estimate of drug-likeness (QED) is 0.853. The highest BCUT2D eigenvalue weighted by Crippen LogP contribution is 2.28. The van der Waals surface area contributed by atoms with Crippen molar-refractivity contribution in [2.24, 2.45) is 0 Å². The molecule has 6 heteroatoms. The van der Waals surface area contributed by atoms with Crippen LogP contribution < -0.4 is 0 Å². The third kappa shape index (κ3) is 4.90. The number of thioether (sulfide) groups is 1. The lowest BCUT2D eigenvalue weighted by Crippen LogP contribution is -2.19. The van der Waals surface area contributed by atoms with Crippen LogP contribution in [0.5, 0.6) is 0 Å². The molecule has 1 aromatic rings. The second kappa shape index (κ2) is 7.50. The van der Waals surface area contributed by atoms with Crippen molar-refractivity contribution >= 4 is 44.4 Å². The average molecular weight is 354 g/mol. The lowest BCUT2D eigenvalue weighted by molar-refractivity contribution is -0.109. The molecule has 1 rings (SSSR count). The zero-order valence-electron chi connectivity index (χ0n) is 9.77. The zero-order valence-corrected chi connectivity index (χ0v) is 12.9. The van der Waals surface area contributed by atoms with Crippen LogP contribution in [0.15, 0.2) is 22.7 Å². The van der Waals surface area contributed by atoms with Gasteiger partial charge < -0.3 is 10.2 Å². The summed E-state index contributed by atoms with van der Waals surface area (Å²) in [5, 5.41) is 20.3. The van der Waals surface area contributed by atoms with E-state index in [1.54, 1.807) is 18.2 Å². The molecule has 0 saturated heterocycles. The summed E-state index contributed by atoms with van der Waals surface area (Å²) in [5.41, 5.74) is 0.559. The Morgan fingerprint density at radius 1 is 1.50 bits per heavy atom. The van der Waals surface area contributed by atoms with Gasteiger partial charge in [0.2, 0.25) is 0 Å². The van der Waals surface area contributed by atoms with Crippen LogP contribution in [0.1, 0.15) is 25.0 Å². The van der Waals surface area contributed by atoms with Crippen LogP contribution in [-0.4, -0.2) is 27.2 Å². The largest absolute Gasteiger partial charge is 0.390 e. The Morgan fingerprint density at radius 2 is 2.17 bits per heavy atom. The number of carbonyl (C=O) groups is 1. The van der Waals surface area contributed by atoms with E-state index in [0.29, 0.717) is 22.8 Å². The van der Waals surface area contributed by atoms with Crippen molar-refractivity contribution in [3.63, 3.8) is 0 Å². The molecule has 1 aromatic carbocycles. The maximum Gasteiger partial charge on any atom is 0.185 e. The second-order valence-corrected chi connectivity index (χ2v) is 6.35. The van der Waals surface area contributed by atoms with Crippen LogP contribution in [0.2, 0.25) is 5.02 Å². The fraction of sp³-hybridized carbons (Fsp3) is 0.417. The number of hydrogen-bond acceptors (Lipinski definition) is 4. The Kier molecular flexibility index (Phi) is 6.66. The van der Waals surface area contributed by atoms with Crippen LogP contribution in [0.4, 0.5) is 0 Å². The molecular weight excluding hydrogens is 340 g/mol. The topological polar surface area (TPSA) is 57.5 Å². The van der Waals surface area contributed by atoms with E-state index in [1.165, 1.54) is 6.92 Å². The highest BCUT2D eigenvalue weighted by atomic mass is 79.9. The first-order valence-electron chi connectivity index (χ1n) is 5.36. The molecule has 0 aliphatic carbocycles. The molecule has 100 valence electrons. The van der Waals surface area contributed by atoms with Crippen molar-refractivity contribution in [2.75, 3.05) is 5.75 Å². The van der Waals surface area contributed by atoms with Gasteiger partial charge >= 0.3 is 0 Å². The molecule has 0 saturated carbocycles. The predicted molar refractivity (Wildman–Crippen MR) is 77.9 cm³/mol. The third-order valence-corrected chi connectivity index (χ3v) is 4.45. The molecule has 2 unspecified atom stereocenters. The molecule has 0 fully saturated rings. The van der Waals surface area contributed by atoms with Gasteiger partial charge in [-0.25, -0.2) is 0 Å². The Morgan fingerprint density at radius 3 is 2.72 bits per heavy atom. The molecule has 18 heavy (non-hydrogen) atoms. The Hall–Kier alpha value is -0.0700. The third-order valence-electron chi connectivity index (χ3n) is 2.37. The van der Waals surface area contributed by atoms with Crippen molar-refractivity contribution in [1.82, 2.24) is 0 Å². The van der Waals surface area contributed by atoms with E-state index in [-0.39, 0.29) is 5.12 Å². The SMILES string of the molecule is CC(=O)SCCC(O)C(O)c1ccc(Br)c(Cl)c1. The van der Waals surface area contributed by atoms with E-state index >= 15 is 0 Å². The normalized spacial score (nSPS) is 14.3. The van der Waals surface area contributed by atoms with Gasteiger partial charge in [-0.05, 0) is 40.0 Å². The molecule has 0 spiro atoms. The summed E-state index contributed by atoms with van der Waals surface area (Å²) in [5.74, 6) is 0.484. The van der Waals surface area contributed by atoms with Crippen LogP contribution in [0.3, 0.4) is 0 Å². The molecule has 3 nitrogen and oxygen atoms in total. The first-order chi connectivity index (χ1) is 8.41. The van der Waals surface area contributed by atoms with Gasteiger partial charge in [0.05, 0.1) is 11.1 Å². The van der Waals surface area contributed by atoms with Gasteiger partial charge in [0.1, 0.15) is 6.10 Å². The summed E-state index contributed by atoms with van der Waals surface area (Å²) in [6.07, 6.45) is -1.56. The number of carbonyl (C=O) groups excluding carboxylic acids is 1. The Bertz CT molecular complexity index is 428. The molecule has 0 amide bonds. The summed E-state index contributed by atoms with van der Waals surface area (Å²) in [6.45, 7) is 1.47. The van der Waals surface area contributed by atoms with Crippen molar-refractivity contribution in [2.45, 2.75) is 25.6 Å². The first kappa shape index (κ1) is 16.0. The Labute approximate surface area is 124 Å². The minimum Gasteiger partial charge on any atom is -0.390 e. The molecule has 0 aromatic heterocycles. The van der Waals surface area contributed by atoms with Crippen molar-refractivity contribution < 1.29 is 15.0 Å². The van der Waals surface area contributed by atoms with E-state index in [2.05, 4.69) is 15.9 Å². The lowest BCUT2D eigenvalue weighted by Gasteiger charge is -2.18. The maximum atomic E-state index is 10.7. The van der Waals surface area contributed by atoms with Crippen LogP contribution in [0.25, 0.3) is 0 Å². The molecule has 0 bridgehead atoms. The molecule has 0 radical (unpaired) electrons. The minimum atomic E-state index is -0.997. The average Bonchev–Trinajstić information content (AvgIpc) is 2.31. The fourth-order valence-corrected chi connectivity index (χ4v) is 2.48. The maximum absolute atomic E-state index is 10.7.